The number of phenolic OH excluding ortho intramolecular Hbond substituents is 2. The minimum atomic E-state index is -0.410. The molecule has 2 rings (SSSR count). The van der Waals surface area contributed by atoms with Gasteiger partial charge in [0.25, 0.3) is 5.91 Å². The summed E-state index contributed by atoms with van der Waals surface area (Å²) >= 11 is 0. The number of nitrogens with zero attached hydrogens (tertiary/aromatic N) is 1. The van der Waals surface area contributed by atoms with Crippen molar-refractivity contribution in [2.24, 2.45) is 5.10 Å². The Morgan fingerprint density at radius 1 is 1.19 bits per heavy atom. The summed E-state index contributed by atoms with van der Waals surface area (Å²) in [5.74, 6) is -0.431. The number of amides is 1. The van der Waals surface area contributed by atoms with E-state index in [-0.39, 0.29) is 11.5 Å². The molecule has 0 spiro atoms. The Balaban J connectivity index is 2.06. The van der Waals surface area contributed by atoms with Crippen molar-refractivity contribution in [2.45, 2.75) is 0 Å². The Morgan fingerprint density at radius 2 is 1.95 bits per heavy atom. The summed E-state index contributed by atoms with van der Waals surface area (Å²) in [5, 5.41) is 22.3. The number of benzene rings is 2. The van der Waals surface area contributed by atoms with Crippen LogP contribution in [0, 0.1) is 0 Å². The molecular weight excluding hydrogens is 272 g/mol. The molecule has 2 aromatic rings. The molecule has 0 bridgehead atoms. The lowest BCUT2D eigenvalue weighted by molar-refractivity contribution is 0.0952. The highest BCUT2D eigenvalue weighted by Gasteiger charge is 2.09. The van der Waals surface area contributed by atoms with Gasteiger partial charge in [-0.2, -0.15) is 5.10 Å². The normalized spacial score (nSPS) is 10.5. The number of nitrogens with one attached hydrogen (secondary N) is 1. The zero-order valence-corrected chi connectivity index (χ0v) is 11.3. The van der Waals surface area contributed by atoms with Gasteiger partial charge in [-0.05, 0) is 35.9 Å². The highest BCUT2D eigenvalue weighted by atomic mass is 16.5. The average molecular weight is 286 g/mol. The first kappa shape index (κ1) is 14.4. The number of ether oxygens (including phenoxy) is 1. The van der Waals surface area contributed by atoms with Crippen LogP contribution in [-0.4, -0.2) is 29.4 Å². The smallest absolute Gasteiger partial charge is 0.275 e. The number of carbonyl (C=O) groups is 1. The van der Waals surface area contributed by atoms with Gasteiger partial charge in [-0.3, -0.25) is 4.79 Å². The van der Waals surface area contributed by atoms with Crippen LogP contribution in [0.1, 0.15) is 15.9 Å². The monoisotopic (exact) mass is 286 g/mol. The van der Waals surface area contributed by atoms with Crippen LogP contribution in [0.4, 0.5) is 0 Å². The number of carbonyl (C=O) groups excluding carboxylic acids is 1. The van der Waals surface area contributed by atoms with Gasteiger partial charge in [0, 0.05) is 0 Å². The average Bonchev–Trinajstić information content (AvgIpc) is 2.50. The van der Waals surface area contributed by atoms with Gasteiger partial charge in [-0.25, -0.2) is 5.43 Å². The van der Waals surface area contributed by atoms with E-state index in [2.05, 4.69) is 10.5 Å². The summed E-state index contributed by atoms with van der Waals surface area (Å²) < 4.78 is 5.09. The van der Waals surface area contributed by atoms with E-state index < -0.39 is 5.91 Å². The number of phenols is 2. The second kappa shape index (κ2) is 6.42. The third-order valence-electron chi connectivity index (χ3n) is 2.73. The third kappa shape index (κ3) is 3.50. The molecule has 2 aromatic carbocycles. The van der Waals surface area contributed by atoms with Gasteiger partial charge in [0.15, 0.2) is 11.5 Å². The van der Waals surface area contributed by atoms with E-state index in [1.807, 2.05) is 0 Å². The van der Waals surface area contributed by atoms with Gasteiger partial charge < -0.3 is 14.9 Å². The number of hydrogen-bond acceptors (Lipinski definition) is 5. The Bertz CT molecular complexity index is 683. The topological polar surface area (TPSA) is 91.2 Å². The number of methoxy groups -OCH3 is 1. The minimum Gasteiger partial charge on any atom is -0.504 e. The standard InChI is InChI=1S/C15H14N2O4/c1-21-14-5-3-2-4-11(14)15(20)17-16-9-10-6-7-12(18)13(19)8-10/h2-9,18-19H,1H3,(H,17,20)/b16-9-. The molecule has 0 saturated heterocycles. The van der Waals surface area contributed by atoms with Crippen LogP contribution in [0.25, 0.3) is 0 Å². The highest BCUT2D eigenvalue weighted by molar-refractivity contribution is 5.97. The first-order valence-electron chi connectivity index (χ1n) is 6.10. The molecule has 0 aromatic heterocycles. The Kier molecular flexibility index (Phi) is 4.40. The Labute approximate surface area is 121 Å². The molecule has 0 saturated carbocycles. The fourth-order valence-electron chi connectivity index (χ4n) is 1.68. The molecular formula is C15H14N2O4. The second-order valence-corrected chi connectivity index (χ2v) is 4.15. The fraction of sp³-hybridized carbons (Fsp3) is 0.0667. The first-order chi connectivity index (χ1) is 10.1. The Hall–Kier alpha value is -3.02. The van der Waals surface area contributed by atoms with Crippen molar-refractivity contribution in [3.8, 4) is 17.2 Å². The van der Waals surface area contributed by atoms with Crippen molar-refractivity contribution in [1.29, 1.82) is 0 Å². The van der Waals surface area contributed by atoms with E-state index >= 15 is 0 Å². The highest BCUT2D eigenvalue weighted by Crippen LogP contribution is 2.24. The zero-order chi connectivity index (χ0) is 15.2. The molecule has 0 fully saturated rings. The SMILES string of the molecule is COc1ccccc1C(=O)N/N=C\c1ccc(O)c(O)c1. The molecule has 3 N–H and O–H groups in total. The number of rotatable bonds is 4. The van der Waals surface area contributed by atoms with Gasteiger partial charge in [0.2, 0.25) is 0 Å². The molecule has 0 heterocycles. The van der Waals surface area contributed by atoms with Crippen molar-refractivity contribution in [1.82, 2.24) is 5.43 Å². The van der Waals surface area contributed by atoms with E-state index in [1.165, 1.54) is 25.5 Å². The molecule has 0 aliphatic heterocycles. The summed E-state index contributed by atoms with van der Waals surface area (Å²) in [4.78, 5) is 11.9. The summed E-state index contributed by atoms with van der Waals surface area (Å²) in [5.41, 5.74) is 3.26. The second-order valence-electron chi connectivity index (χ2n) is 4.15. The van der Waals surface area contributed by atoms with Crippen LogP contribution >= 0.6 is 0 Å². The lowest BCUT2D eigenvalue weighted by Gasteiger charge is -2.06. The summed E-state index contributed by atoms with van der Waals surface area (Å²) in [7, 11) is 1.48. The largest absolute Gasteiger partial charge is 0.504 e. The van der Waals surface area contributed by atoms with Gasteiger partial charge in [0.05, 0.1) is 18.9 Å². The van der Waals surface area contributed by atoms with E-state index in [4.69, 9.17) is 4.74 Å². The molecule has 6 nitrogen and oxygen atoms in total. The molecule has 108 valence electrons. The van der Waals surface area contributed by atoms with Crippen LogP contribution in [0.2, 0.25) is 0 Å². The third-order valence-corrected chi connectivity index (χ3v) is 2.73. The van der Waals surface area contributed by atoms with Crippen molar-refractivity contribution in [3.05, 3.63) is 53.6 Å². The predicted octanol–water partition coefficient (Wildman–Crippen LogP) is 1.87. The van der Waals surface area contributed by atoms with Crippen molar-refractivity contribution < 1.29 is 19.7 Å². The van der Waals surface area contributed by atoms with Crippen LogP contribution in [0.3, 0.4) is 0 Å². The molecule has 1 amide bonds. The summed E-state index contributed by atoms with van der Waals surface area (Å²) in [6, 6.07) is 11.0. The molecule has 0 radical (unpaired) electrons. The maximum Gasteiger partial charge on any atom is 0.275 e. The fourth-order valence-corrected chi connectivity index (χ4v) is 1.68. The first-order valence-corrected chi connectivity index (χ1v) is 6.10. The number of para-hydroxylation sites is 1. The quantitative estimate of drug-likeness (QED) is 0.454. The number of aromatic hydroxyl groups is 2. The van der Waals surface area contributed by atoms with Crippen LogP contribution < -0.4 is 10.2 Å². The maximum absolute atomic E-state index is 11.9. The molecule has 0 unspecified atom stereocenters. The number of hydrogen-bond donors (Lipinski definition) is 3. The number of hydrazone groups is 1. The minimum absolute atomic E-state index is 0.217. The molecule has 6 heteroatoms. The van der Waals surface area contributed by atoms with Crippen LogP contribution in [-0.2, 0) is 0 Å². The van der Waals surface area contributed by atoms with Crippen LogP contribution in [0.15, 0.2) is 47.6 Å². The van der Waals surface area contributed by atoms with E-state index in [0.29, 0.717) is 16.9 Å². The van der Waals surface area contributed by atoms with Crippen LogP contribution in [0.5, 0.6) is 17.2 Å². The molecule has 0 aliphatic rings. The lowest BCUT2D eigenvalue weighted by Crippen LogP contribution is -2.18. The summed E-state index contributed by atoms with van der Waals surface area (Å²) in [6.45, 7) is 0. The van der Waals surface area contributed by atoms with Gasteiger partial charge in [-0.1, -0.05) is 12.1 Å². The van der Waals surface area contributed by atoms with Crippen molar-refractivity contribution in [2.75, 3.05) is 7.11 Å². The van der Waals surface area contributed by atoms with E-state index in [0.717, 1.165) is 0 Å². The molecule has 21 heavy (non-hydrogen) atoms. The van der Waals surface area contributed by atoms with Gasteiger partial charge in [0.1, 0.15) is 5.75 Å². The Morgan fingerprint density at radius 3 is 2.67 bits per heavy atom. The molecule has 0 atom stereocenters. The summed E-state index contributed by atoms with van der Waals surface area (Å²) in [6.07, 6.45) is 1.35. The molecule has 0 aliphatic carbocycles. The van der Waals surface area contributed by atoms with Crippen molar-refractivity contribution >= 4 is 12.1 Å². The maximum atomic E-state index is 11.9. The predicted molar refractivity (Wildman–Crippen MR) is 77.8 cm³/mol. The van der Waals surface area contributed by atoms with Crippen molar-refractivity contribution in [3.63, 3.8) is 0 Å². The van der Waals surface area contributed by atoms with Gasteiger partial charge in [-0.15, -0.1) is 0 Å². The van der Waals surface area contributed by atoms with Gasteiger partial charge >= 0.3 is 0 Å². The zero-order valence-electron chi connectivity index (χ0n) is 11.3. The van der Waals surface area contributed by atoms with E-state index in [1.54, 1.807) is 30.3 Å². The lowest BCUT2D eigenvalue weighted by atomic mass is 10.2. The van der Waals surface area contributed by atoms with E-state index in [9.17, 15) is 15.0 Å².